The van der Waals surface area contributed by atoms with Gasteiger partial charge >= 0.3 is 39.5 Å². The summed E-state index contributed by atoms with van der Waals surface area (Å²) in [5.74, 6) is 0.190. The average Bonchev–Trinajstić information content (AvgIpc) is 1.71. The lowest BCUT2D eigenvalue weighted by Gasteiger charge is -2.21. The summed E-state index contributed by atoms with van der Waals surface area (Å²) in [4.78, 5) is 72.8. The highest BCUT2D eigenvalue weighted by atomic mass is 31.2. The minimum atomic E-state index is -4.96. The monoisotopic (exact) mass is 1380 g/mol. The fraction of sp³-hybridized carbons (Fsp3) is 0.947. The second-order valence-electron chi connectivity index (χ2n) is 28.2. The number of unbranched alkanes of at least 4 members (excludes halogenated alkanes) is 40. The molecule has 3 N–H and O–H groups in total. The summed E-state index contributed by atoms with van der Waals surface area (Å²) >= 11 is 0. The number of phosphoric ester groups is 2. The van der Waals surface area contributed by atoms with Gasteiger partial charge in [0, 0.05) is 25.7 Å². The Balaban J connectivity index is 5.25. The molecule has 0 heterocycles. The largest absolute Gasteiger partial charge is 0.472 e. The number of hydrogen-bond acceptors (Lipinski definition) is 15. The summed E-state index contributed by atoms with van der Waals surface area (Å²) < 4.78 is 68.5. The maximum absolute atomic E-state index is 13.1. The number of hydrogen-bond donors (Lipinski definition) is 3. The van der Waals surface area contributed by atoms with Crippen LogP contribution in [0.5, 0.6) is 0 Å². The second kappa shape index (κ2) is 65.7. The van der Waals surface area contributed by atoms with Crippen LogP contribution in [0.1, 0.15) is 382 Å². The van der Waals surface area contributed by atoms with Gasteiger partial charge in [0.15, 0.2) is 12.2 Å². The zero-order valence-electron chi connectivity index (χ0n) is 61.4. The van der Waals surface area contributed by atoms with Crippen molar-refractivity contribution < 1.29 is 80.2 Å². The number of ether oxygens (including phenoxy) is 4. The Morgan fingerprint density at radius 3 is 0.809 bits per heavy atom. The van der Waals surface area contributed by atoms with Crippen LogP contribution in [-0.2, 0) is 65.4 Å². The van der Waals surface area contributed by atoms with E-state index in [0.717, 1.165) is 114 Å². The molecule has 0 radical (unpaired) electrons. The third-order valence-corrected chi connectivity index (χ3v) is 19.6. The minimum Gasteiger partial charge on any atom is -0.462 e. The Kier molecular flexibility index (Phi) is 64.3. The Hall–Kier alpha value is -1.94. The van der Waals surface area contributed by atoms with Gasteiger partial charge in [0.05, 0.1) is 26.4 Å². The molecule has 0 spiro atoms. The molecule has 558 valence electrons. The van der Waals surface area contributed by atoms with E-state index in [4.69, 9.17) is 37.0 Å². The first kappa shape index (κ1) is 92.1. The lowest BCUT2D eigenvalue weighted by molar-refractivity contribution is -0.161. The summed E-state index contributed by atoms with van der Waals surface area (Å²) in [6.45, 7) is 11.9. The van der Waals surface area contributed by atoms with Crippen molar-refractivity contribution in [2.24, 2.45) is 17.8 Å². The highest BCUT2D eigenvalue weighted by molar-refractivity contribution is 7.47. The summed E-state index contributed by atoms with van der Waals surface area (Å²) in [6.07, 6.45) is 51.2. The number of aliphatic hydroxyl groups is 1. The molecule has 0 aromatic carbocycles. The molecule has 0 amide bonds. The quantitative estimate of drug-likeness (QED) is 0.0222. The van der Waals surface area contributed by atoms with Crippen molar-refractivity contribution in [2.45, 2.75) is 401 Å². The van der Waals surface area contributed by atoms with Gasteiger partial charge in [-0.05, 0) is 43.4 Å². The molecule has 3 unspecified atom stereocenters. The topological polar surface area (TPSA) is 237 Å². The normalized spacial score (nSPS) is 14.4. The van der Waals surface area contributed by atoms with Gasteiger partial charge in [-0.1, -0.05) is 331 Å². The van der Waals surface area contributed by atoms with Gasteiger partial charge < -0.3 is 33.8 Å². The van der Waals surface area contributed by atoms with Crippen molar-refractivity contribution in [1.82, 2.24) is 0 Å². The third-order valence-electron chi connectivity index (χ3n) is 17.7. The van der Waals surface area contributed by atoms with Crippen molar-refractivity contribution >= 4 is 39.5 Å². The van der Waals surface area contributed by atoms with Gasteiger partial charge in [-0.3, -0.25) is 37.3 Å². The Bertz CT molecular complexity index is 1840. The van der Waals surface area contributed by atoms with Crippen LogP contribution in [0.15, 0.2) is 0 Å². The summed E-state index contributed by atoms with van der Waals surface area (Å²) in [7, 11) is -9.91. The lowest BCUT2D eigenvalue weighted by Crippen LogP contribution is -2.30. The van der Waals surface area contributed by atoms with Crippen LogP contribution in [-0.4, -0.2) is 96.7 Å². The van der Waals surface area contributed by atoms with Crippen molar-refractivity contribution in [3.63, 3.8) is 0 Å². The predicted molar refractivity (Wildman–Crippen MR) is 381 cm³/mol. The zero-order valence-corrected chi connectivity index (χ0v) is 63.2. The molecule has 0 aliphatic heterocycles. The number of rotatable bonds is 73. The van der Waals surface area contributed by atoms with Gasteiger partial charge in [-0.2, -0.15) is 0 Å². The molecule has 0 aliphatic carbocycles. The SMILES string of the molecule is CCCCCCCCCCCCCCC(=O)O[C@H](COC(=O)CCCCCCCCC(C)CC)COP(=O)(O)OC[C@H](O)COP(=O)(O)OC[C@@H](COC(=O)CCCCCCCCCCCCCCCC(C)C)OC(=O)CCCCCCCCCCCCCCCC(C)C. The average molecular weight is 1380 g/mol. The first-order chi connectivity index (χ1) is 45.3. The van der Waals surface area contributed by atoms with Gasteiger partial charge in [-0.25, -0.2) is 9.13 Å². The van der Waals surface area contributed by atoms with E-state index < -0.39 is 97.5 Å². The van der Waals surface area contributed by atoms with Crippen LogP contribution in [0, 0.1) is 17.8 Å². The zero-order chi connectivity index (χ0) is 69.4. The van der Waals surface area contributed by atoms with Gasteiger partial charge in [0.1, 0.15) is 19.3 Å². The maximum Gasteiger partial charge on any atom is 0.472 e. The van der Waals surface area contributed by atoms with Gasteiger partial charge in [0.25, 0.3) is 0 Å². The van der Waals surface area contributed by atoms with Crippen LogP contribution in [0.2, 0.25) is 0 Å². The van der Waals surface area contributed by atoms with E-state index in [1.807, 2.05) is 0 Å². The highest BCUT2D eigenvalue weighted by Gasteiger charge is 2.30. The Morgan fingerprint density at radius 2 is 0.543 bits per heavy atom. The Labute approximate surface area is 575 Å². The number of aliphatic hydroxyl groups excluding tert-OH is 1. The fourth-order valence-electron chi connectivity index (χ4n) is 11.4. The fourth-order valence-corrected chi connectivity index (χ4v) is 13.0. The molecule has 0 saturated heterocycles. The molecule has 0 aromatic heterocycles. The van der Waals surface area contributed by atoms with Crippen LogP contribution in [0.3, 0.4) is 0 Å². The molecule has 0 aliphatic rings. The molecule has 17 nitrogen and oxygen atoms in total. The van der Waals surface area contributed by atoms with Crippen molar-refractivity contribution in [1.29, 1.82) is 0 Å². The first-order valence-electron chi connectivity index (χ1n) is 38.9. The summed E-state index contributed by atoms with van der Waals surface area (Å²) in [6, 6.07) is 0. The number of esters is 4. The predicted octanol–water partition coefficient (Wildman–Crippen LogP) is 21.8. The van der Waals surface area contributed by atoms with E-state index >= 15 is 0 Å². The molecule has 0 rings (SSSR count). The second-order valence-corrected chi connectivity index (χ2v) is 31.1. The molecule has 0 saturated carbocycles. The van der Waals surface area contributed by atoms with Gasteiger partial charge in [-0.15, -0.1) is 0 Å². The molecular formula is C75H146O17P2. The Morgan fingerprint density at radius 1 is 0.309 bits per heavy atom. The molecule has 19 heteroatoms. The summed E-state index contributed by atoms with van der Waals surface area (Å²) in [5, 5.41) is 10.6. The number of carbonyl (C=O) groups is 4. The molecular weight excluding hydrogens is 1230 g/mol. The van der Waals surface area contributed by atoms with Crippen LogP contribution >= 0.6 is 15.6 Å². The van der Waals surface area contributed by atoms with Crippen LogP contribution < -0.4 is 0 Å². The third kappa shape index (κ3) is 67.3. The van der Waals surface area contributed by atoms with Gasteiger partial charge in [0.2, 0.25) is 0 Å². The maximum atomic E-state index is 13.1. The smallest absolute Gasteiger partial charge is 0.462 e. The van der Waals surface area contributed by atoms with E-state index in [2.05, 4.69) is 48.5 Å². The van der Waals surface area contributed by atoms with E-state index in [1.165, 1.54) is 186 Å². The van der Waals surface area contributed by atoms with E-state index in [9.17, 15) is 43.2 Å². The number of phosphoric acid groups is 2. The van der Waals surface area contributed by atoms with E-state index in [0.29, 0.717) is 25.7 Å². The standard InChI is InChI=1S/C75H146O17P2/c1-8-10-11-12-13-14-15-24-30-35-44-51-58-74(79)92-71(63-86-73(78)57-50-43-38-37-41-48-55-68(7)9-2)65-90-94(83,84)88-61-69(76)60-87-93(81,82)89-64-70(91-75(80)59-52-45-36-31-26-21-17-19-23-28-33-40-47-54-67(5)6)62-85-72(77)56-49-42-34-29-25-20-16-18-22-27-32-39-46-53-66(3)4/h66-71,76H,8-65H2,1-7H3,(H,81,82)(H,83,84)/t68?,69-,70-,71-/m1/s1. The molecule has 0 aromatic rings. The molecule has 0 bridgehead atoms. The molecule has 94 heavy (non-hydrogen) atoms. The van der Waals surface area contributed by atoms with E-state index in [-0.39, 0.29) is 25.7 Å². The molecule has 6 atom stereocenters. The lowest BCUT2D eigenvalue weighted by atomic mass is 10.00. The highest BCUT2D eigenvalue weighted by Crippen LogP contribution is 2.45. The van der Waals surface area contributed by atoms with Crippen LogP contribution in [0.25, 0.3) is 0 Å². The van der Waals surface area contributed by atoms with Crippen molar-refractivity contribution in [3.8, 4) is 0 Å². The van der Waals surface area contributed by atoms with E-state index in [1.54, 1.807) is 0 Å². The first-order valence-corrected chi connectivity index (χ1v) is 41.9. The minimum absolute atomic E-state index is 0.106. The number of carbonyl (C=O) groups excluding carboxylic acids is 4. The summed E-state index contributed by atoms with van der Waals surface area (Å²) in [5.41, 5.74) is 0. The van der Waals surface area contributed by atoms with Crippen LogP contribution in [0.4, 0.5) is 0 Å². The van der Waals surface area contributed by atoms with Crippen molar-refractivity contribution in [2.75, 3.05) is 39.6 Å². The van der Waals surface area contributed by atoms with Crippen molar-refractivity contribution in [3.05, 3.63) is 0 Å². The molecule has 0 fully saturated rings.